The molecule has 0 aromatic heterocycles. The van der Waals surface area contributed by atoms with E-state index in [1.807, 2.05) is 4.90 Å². The molecule has 2 aliphatic rings. The summed E-state index contributed by atoms with van der Waals surface area (Å²) in [6.07, 6.45) is 2.41. The Morgan fingerprint density at radius 1 is 1.50 bits per heavy atom. The van der Waals surface area contributed by atoms with Crippen LogP contribution in [0, 0.1) is 5.92 Å². The Balaban J connectivity index is 1.86. The van der Waals surface area contributed by atoms with E-state index in [-0.39, 0.29) is 12.0 Å². The Hall–Kier alpha value is -0.610. The zero-order chi connectivity index (χ0) is 9.97. The lowest BCUT2D eigenvalue weighted by Gasteiger charge is -2.37. The number of hydrogen-bond donors (Lipinski definition) is 1. The van der Waals surface area contributed by atoms with Crippen LogP contribution in [0.3, 0.4) is 0 Å². The van der Waals surface area contributed by atoms with Gasteiger partial charge in [-0.3, -0.25) is 4.79 Å². The van der Waals surface area contributed by atoms with Crippen molar-refractivity contribution < 1.29 is 9.53 Å². The first-order valence-electron chi connectivity index (χ1n) is 5.33. The summed E-state index contributed by atoms with van der Waals surface area (Å²) in [6.45, 7) is 3.40. The molecule has 14 heavy (non-hydrogen) atoms. The van der Waals surface area contributed by atoms with Crippen molar-refractivity contribution in [3.05, 3.63) is 0 Å². The van der Waals surface area contributed by atoms with E-state index >= 15 is 0 Å². The summed E-state index contributed by atoms with van der Waals surface area (Å²) in [4.78, 5) is 13.8. The van der Waals surface area contributed by atoms with Gasteiger partial charge < -0.3 is 15.0 Å². The fourth-order valence-corrected chi connectivity index (χ4v) is 2.05. The molecule has 0 bridgehead atoms. The molecule has 0 aromatic carbocycles. The molecule has 0 radical (unpaired) electrons. The van der Waals surface area contributed by atoms with Gasteiger partial charge in [-0.25, -0.2) is 0 Å². The maximum absolute atomic E-state index is 11.9. The van der Waals surface area contributed by atoms with Crippen LogP contribution in [0.25, 0.3) is 0 Å². The van der Waals surface area contributed by atoms with Gasteiger partial charge in [-0.05, 0) is 12.8 Å². The number of carbonyl (C=O) groups is 1. The maximum Gasteiger partial charge on any atom is 0.228 e. The standard InChI is InChI=1S/C10H18N2O2/c1-14-9-3-2-4-12(7-9)10(13)8-5-11-6-8/h8-9,11H,2-7H2,1H3/t9-/m0/s1. The molecular weight excluding hydrogens is 180 g/mol. The smallest absolute Gasteiger partial charge is 0.228 e. The zero-order valence-electron chi connectivity index (χ0n) is 8.66. The lowest BCUT2D eigenvalue weighted by molar-refractivity contribution is -0.140. The number of nitrogens with one attached hydrogen (secondary N) is 1. The Morgan fingerprint density at radius 3 is 2.86 bits per heavy atom. The van der Waals surface area contributed by atoms with Gasteiger partial charge in [-0.15, -0.1) is 0 Å². The lowest BCUT2D eigenvalue weighted by Crippen LogP contribution is -2.54. The van der Waals surface area contributed by atoms with Crippen molar-refractivity contribution in [1.82, 2.24) is 10.2 Å². The maximum atomic E-state index is 11.9. The molecule has 1 N–H and O–H groups in total. The molecule has 4 heteroatoms. The Labute approximate surface area is 84.6 Å². The van der Waals surface area contributed by atoms with Crippen LogP contribution in [0.4, 0.5) is 0 Å². The SMILES string of the molecule is CO[C@H]1CCCN(C(=O)C2CNC2)C1. The highest BCUT2D eigenvalue weighted by Gasteiger charge is 2.31. The van der Waals surface area contributed by atoms with Gasteiger partial charge in [-0.1, -0.05) is 0 Å². The van der Waals surface area contributed by atoms with Gasteiger partial charge in [-0.2, -0.15) is 0 Å². The Kier molecular flexibility index (Phi) is 3.03. The van der Waals surface area contributed by atoms with Gasteiger partial charge in [0.05, 0.1) is 12.0 Å². The molecular formula is C10H18N2O2. The number of likely N-dealkylation sites (tertiary alicyclic amines) is 1. The van der Waals surface area contributed by atoms with Crippen LogP contribution in [0.2, 0.25) is 0 Å². The van der Waals surface area contributed by atoms with Crippen molar-refractivity contribution in [2.24, 2.45) is 5.92 Å². The third kappa shape index (κ3) is 1.91. The predicted molar refractivity (Wildman–Crippen MR) is 53.0 cm³/mol. The first kappa shape index (κ1) is 9.93. The largest absolute Gasteiger partial charge is 0.380 e. The Bertz CT molecular complexity index is 216. The summed E-state index contributed by atoms with van der Waals surface area (Å²) < 4.78 is 5.29. The van der Waals surface area contributed by atoms with Crippen molar-refractivity contribution >= 4 is 5.91 Å². The fraction of sp³-hybridized carbons (Fsp3) is 0.900. The van der Waals surface area contributed by atoms with Gasteiger partial charge in [0, 0.05) is 33.3 Å². The summed E-state index contributed by atoms with van der Waals surface area (Å²) in [7, 11) is 1.73. The van der Waals surface area contributed by atoms with E-state index in [2.05, 4.69) is 5.32 Å². The van der Waals surface area contributed by atoms with Crippen LogP contribution < -0.4 is 5.32 Å². The lowest BCUT2D eigenvalue weighted by atomic mass is 9.99. The van der Waals surface area contributed by atoms with E-state index in [4.69, 9.17) is 4.74 Å². The highest BCUT2D eigenvalue weighted by atomic mass is 16.5. The van der Waals surface area contributed by atoms with Crippen molar-refractivity contribution in [2.45, 2.75) is 18.9 Å². The molecule has 80 valence electrons. The number of carbonyl (C=O) groups excluding carboxylic acids is 1. The van der Waals surface area contributed by atoms with Crippen molar-refractivity contribution in [3.63, 3.8) is 0 Å². The van der Waals surface area contributed by atoms with E-state index in [9.17, 15) is 4.79 Å². The molecule has 0 spiro atoms. The summed E-state index contributed by atoms with van der Waals surface area (Å²) >= 11 is 0. The number of rotatable bonds is 2. The van der Waals surface area contributed by atoms with Crippen LogP contribution in [-0.2, 0) is 9.53 Å². The summed E-state index contributed by atoms with van der Waals surface area (Å²) in [5.41, 5.74) is 0. The molecule has 0 unspecified atom stereocenters. The molecule has 1 atom stereocenters. The third-order valence-corrected chi connectivity index (χ3v) is 3.15. The average Bonchev–Trinajstić information content (AvgIpc) is 2.15. The van der Waals surface area contributed by atoms with E-state index in [0.29, 0.717) is 5.91 Å². The van der Waals surface area contributed by atoms with Crippen LogP contribution in [-0.4, -0.2) is 50.2 Å². The number of methoxy groups -OCH3 is 1. The number of hydrogen-bond acceptors (Lipinski definition) is 3. The molecule has 1 amide bonds. The van der Waals surface area contributed by atoms with Crippen molar-refractivity contribution in [3.8, 4) is 0 Å². The van der Waals surface area contributed by atoms with Crippen LogP contribution in [0.5, 0.6) is 0 Å². The second-order valence-electron chi connectivity index (χ2n) is 4.14. The highest BCUT2D eigenvalue weighted by molar-refractivity contribution is 5.80. The van der Waals surface area contributed by atoms with Crippen LogP contribution in [0.1, 0.15) is 12.8 Å². The van der Waals surface area contributed by atoms with Gasteiger partial charge in [0.25, 0.3) is 0 Å². The fourth-order valence-electron chi connectivity index (χ4n) is 2.05. The van der Waals surface area contributed by atoms with E-state index in [1.165, 1.54) is 0 Å². The van der Waals surface area contributed by atoms with Crippen molar-refractivity contribution in [1.29, 1.82) is 0 Å². The second kappa shape index (κ2) is 4.28. The van der Waals surface area contributed by atoms with Crippen LogP contribution >= 0.6 is 0 Å². The highest BCUT2D eigenvalue weighted by Crippen LogP contribution is 2.16. The number of ether oxygens (including phenoxy) is 1. The molecule has 0 saturated carbocycles. The third-order valence-electron chi connectivity index (χ3n) is 3.15. The number of amides is 1. The molecule has 2 fully saturated rings. The second-order valence-corrected chi connectivity index (χ2v) is 4.14. The van der Waals surface area contributed by atoms with Gasteiger partial charge >= 0.3 is 0 Å². The molecule has 2 rings (SSSR count). The molecule has 4 nitrogen and oxygen atoms in total. The van der Waals surface area contributed by atoms with Gasteiger partial charge in [0.1, 0.15) is 0 Å². The number of nitrogens with zero attached hydrogens (tertiary/aromatic N) is 1. The molecule has 0 aromatic rings. The molecule has 2 heterocycles. The minimum Gasteiger partial charge on any atom is -0.380 e. The summed E-state index contributed by atoms with van der Waals surface area (Å²) in [6, 6.07) is 0. The first-order chi connectivity index (χ1) is 6.81. The minimum atomic E-state index is 0.227. The Morgan fingerprint density at radius 2 is 2.29 bits per heavy atom. The van der Waals surface area contributed by atoms with Crippen LogP contribution in [0.15, 0.2) is 0 Å². The zero-order valence-corrected chi connectivity index (χ0v) is 8.66. The van der Waals surface area contributed by atoms with E-state index in [0.717, 1.165) is 39.0 Å². The van der Waals surface area contributed by atoms with Crippen molar-refractivity contribution in [2.75, 3.05) is 33.3 Å². The van der Waals surface area contributed by atoms with E-state index in [1.54, 1.807) is 7.11 Å². The van der Waals surface area contributed by atoms with Gasteiger partial charge in [0.15, 0.2) is 0 Å². The van der Waals surface area contributed by atoms with Gasteiger partial charge in [0.2, 0.25) is 5.91 Å². The minimum absolute atomic E-state index is 0.227. The summed E-state index contributed by atoms with van der Waals surface area (Å²) in [5, 5.41) is 3.13. The molecule has 2 aliphatic heterocycles. The normalized spacial score (nSPS) is 28.6. The molecule has 0 aliphatic carbocycles. The van der Waals surface area contributed by atoms with E-state index < -0.39 is 0 Å². The predicted octanol–water partition coefficient (Wildman–Crippen LogP) is -0.157. The average molecular weight is 198 g/mol. The topological polar surface area (TPSA) is 41.6 Å². The molecule has 2 saturated heterocycles. The number of piperidine rings is 1. The first-order valence-corrected chi connectivity index (χ1v) is 5.33. The summed E-state index contributed by atoms with van der Waals surface area (Å²) in [5.74, 6) is 0.538. The quantitative estimate of drug-likeness (QED) is 0.670. The monoisotopic (exact) mass is 198 g/mol.